The van der Waals surface area contributed by atoms with Crippen LogP contribution in [0.15, 0.2) is 0 Å². The predicted molar refractivity (Wildman–Crippen MR) is 32.3 cm³/mol. The smallest absolute Gasteiger partial charge is 0.238 e. The molecule has 0 saturated carbocycles. The van der Waals surface area contributed by atoms with Gasteiger partial charge in [-0.1, -0.05) is 6.42 Å². The molecule has 0 aromatic carbocycles. The fraction of sp³-hybridized carbons (Fsp3) is 0.333. The van der Waals surface area contributed by atoms with Crippen LogP contribution in [0.5, 0.6) is 0 Å². The van der Waals surface area contributed by atoms with E-state index < -0.39 is 5.91 Å². The van der Waals surface area contributed by atoms with Crippen LogP contribution in [-0.4, -0.2) is 11.7 Å². The Morgan fingerprint density at radius 1 is 1.67 bits per heavy atom. The number of carbonyl (C=O) groups is 2. The standard InChI is InChI=1S/C6H7NO2/c1-3-7-6(9)4-5(2)8/h1H,4H2,2H3,(H,7,9). The van der Waals surface area contributed by atoms with E-state index in [0.717, 1.165) is 0 Å². The molecule has 0 aromatic heterocycles. The number of hydrogen-bond donors (Lipinski definition) is 1. The third-order valence-electron chi connectivity index (χ3n) is 0.621. The second-order valence-corrected chi connectivity index (χ2v) is 1.57. The van der Waals surface area contributed by atoms with Crippen molar-refractivity contribution in [3.05, 3.63) is 0 Å². The van der Waals surface area contributed by atoms with Gasteiger partial charge in [0.15, 0.2) is 0 Å². The molecular weight excluding hydrogens is 118 g/mol. The highest BCUT2D eigenvalue weighted by molar-refractivity contribution is 5.97. The maximum atomic E-state index is 10.4. The molecule has 0 atom stereocenters. The lowest BCUT2D eigenvalue weighted by Crippen LogP contribution is -2.19. The number of nitrogens with one attached hydrogen (secondary N) is 1. The molecule has 0 aliphatic carbocycles. The molecule has 0 bridgehead atoms. The van der Waals surface area contributed by atoms with Gasteiger partial charge in [-0.25, -0.2) is 0 Å². The molecule has 0 radical (unpaired) electrons. The maximum absolute atomic E-state index is 10.4. The third kappa shape index (κ3) is 4.56. The first-order valence-electron chi connectivity index (χ1n) is 2.40. The van der Waals surface area contributed by atoms with E-state index in [4.69, 9.17) is 6.42 Å². The van der Waals surface area contributed by atoms with Crippen LogP contribution in [0.3, 0.4) is 0 Å². The van der Waals surface area contributed by atoms with Gasteiger partial charge in [-0.3, -0.25) is 14.9 Å². The molecule has 0 heterocycles. The summed E-state index contributed by atoms with van der Waals surface area (Å²) in [6, 6.07) is 1.92. The van der Waals surface area contributed by atoms with Gasteiger partial charge in [-0.2, -0.15) is 0 Å². The summed E-state index contributed by atoms with van der Waals surface area (Å²) in [6.07, 6.45) is 4.58. The van der Waals surface area contributed by atoms with Crippen molar-refractivity contribution in [1.29, 1.82) is 0 Å². The molecule has 0 rings (SSSR count). The lowest BCUT2D eigenvalue weighted by Gasteiger charge is -1.90. The first-order valence-corrected chi connectivity index (χ1v) is 2.40. The van der Waals surface area contributed by atoms with Gasteiger partial charge in [-0.05, 0) is 6.92 Å². The van der Waals surface area contributed by atoms with E-state index >= 15 is 0 Å². The summed E-state index contributed by atoms with van der Waals surface area (Å²) >= 11 is 0. The van der Waals surface area contributed by atoms with Crippen LogP contribution in [0.4, 0.5) is 0 Å². The number of ketones is 1. The molecule has 3 nitrogen and oxygen atoms in total. The van der Waals surface area contributed by atoms with E-state index in [9.17, 15) is 9.59 Å². The van der Waals surface area contributed by atoms with E-state index in [0.29, 0.717) is 0 Å². The van der Waals surface area contributed by atoms with Crippen molar-refractivity contribution < 1.29 is 9.59 Å². The molecule has 1 N–H and O–H groups in total. The Balaban J connectivity index is 3.54. The van der Waals surface area contributed by atoms with Crippen LogP contribution in [0.25, 0.3) is 0 Å². The molecule has 1 amide bonds. The summed E-state index contributed by atoms with van der Waals surface area (Å²) in [5.74, 6) is -0.618. The van der Waals surface area contributed by atoms with Crippen LogP contribution < -0.4 is 5.32 Å². The molecule has 0 aliphatic rings. The fourth-order valence-electron chi connectivity index (χ4n) is 0.351. The second kappa shape index (κ2) is 3.67. The van der Waals surface area contributed by atoms with Gasteiger partial charge in [0.05, 0.1) is 6.42 Å². The monoisotopic (exact) mass is 125 g/mol. The van der Waals surface area contributed by atoms with Crippen molar-refractivity contribution in [3.8, 4) is 12.5 Å². The highest BCUT2D eigenvalue weighted by atomic mass is 16.2. The Kier molecular flexibility index (Phi) is 3.14. The number of carbonyl (C=O) groups excluding carboxylic acids is 2. The zero-order valence-electron chi connectivity index (χ0n) is 5.10. The van der Waals surface area contributed by atoms with Crippen molar-refractivity contribution in [3.63, 3.8) is 0 Å². The van der Waals surface area contributed by atoms with Crippen molar-refractivity contribution in [2.45, 2.75) is 13.3 Å². The van der Waals surface area contributed by atoms with E-state index in [1.54, 1.807) is 0 Å². The Bertz CT molecular complexity index is 166. The molecular formula is C6H7NO2. The Morgan fingerprint density at radius 3 is 2.56 bits per heavy atom. The zero-order chi connectivity index (χ0) is 7.28. The number of rotatable bonds is 2. The number of hydrogen-bond acceptors (Lipinski definition) is 2. The summed E-state index contributed by atoms with van der Waals surface area (Å²) in [4.78, 5) is 20.6. The molecule has 0 unspecified atom stereocenters. The third-order valence-corrected chi connectivity index (χ3v) is 0.621. The first-order chi connectivity index (χ1) is 4.16. The minimum Gasteiger partial charge on any atom is -0.299 e. The Morgan fingerprint density at radius 2 is 2.22 bits per heavy atom. The molecule has 0 saturated heterocycles. The zero-order valence-corrected chi connectivity index (χ0v) is 5.10. The highest BCUT2D eigenvalue weighted by Gasteiger charge is 2.00. The molecule has 0 fully saturated rings. The van der Waals surface area contributed by atoms with Gasteiger partial charge in [0.25, 0.3) is 0 Å². The number of Topliss-reactive ketones (excluding diaryl/α,β-unsaturated/α-hetero) is 1. The molecule has 48 valence electrons. The van der Waals surface area contributed by atoms with Crippen molar-refractivity contribution >= 4 is 11.7 Å². The SMILES string of the molecule is C#CNC(=O)CC(C)=O. The summed E-state index contributed by atoms with van der Waals surface area (Å²) in [5, 5.41) is 2.04. The van der Waals surface area contributed by atoms with Crippen LogP contribution >= 0.6 is 0 Å². The largest absolute Gasteiger partial charge is 0.299 e. The second-order valence-electron chi connectivity index (χ2n) is 1.57. The van der Waals surface area contributed by atoms with Gasteiger partial charge in [0, 0.05) is 6.04 Å². The first kappa shape index (κ1) is 7.70. The molecule has 9 heavy (non-hydrogen) atoms. The Labute approximate surface area is 53.4 Å². The van der Waals surface area contributed by atoms with Crippen LogP contribution in [-0.2, 0) is 9.59 Å². The maximum Gasteiger partial charge on any atom is 0.238 e. The fourth-order valence-corrected chi connectivity index (χ4v) is 0.351. The number of amides is 1. The average molecular weight is 125 g/mol. The van der Waals surface area contributed by atoms with Crippen molar-refractivity contribution in [1.82, 2.24) is 5.32 Å². The lowest BCUT2D eigenvalue weighted by atomic mass is 10.3. The summed E-state index contributed by atoms with van der Waals surface area (Å²) in [6.45, 7) is 1.33. The van der Waals surface area contributed by atoms with Crippen molar-refractivity contribution in [2.75, 3.05) is 0 Å². The van der Waals surface area contributed by atoms with E-state index in [1.807, 2.05) is 11.4 Å². The van der Waals surface area contributed by atoms with E-state index in [2.05, 4.69) is 0 Å². The lowest BCUT2D eigenvalue weighted by molar-refractivity contribution is -0.126. The Hall–Kier alpha value is -1.30. The molecule has 3 heteroatoms. The van der Waals surface area contributed by atoms with Gasteiger partial charge in [0.2, 0.25) is 5.91 Å². The number of terminal acetylenes is 1. The van der Waals surface area contributed by atoms with Gasteiger partial charge in [0.1, 0.15) is 5.78 Å². The minimum atomic E-state index is -0.426. The van der Waals surface area contributed by atoms with E-state index in [-0.39, 0.29) is 12.2 Å². The molecule has 0 aliphatic heterocycles. The highest BCUT2D eigenvalue weighted by Crippen LogP contribution is 1.78. The minimum absolute atomic E-state index is 0.135. The quantitative estimate of drug-likeness (QED) is 0.312. The topological polar surface area (TPSA) is 46.2 Å². The average Bonchev–Trinajstić information content (AvgIpc) is 1.63. The van der Waals surface area contributed by atoms with Crippen LogP contribution in [0, 0.1) is 12.5 Å². The summed E-state index contributed by atoms with van der Waals surface area (Å²) < 4.78 is 0. The van der Waals surface area contributed by atoms with Crippen LogP contribution in [0.1, 0.15) is 13.3 Å². The van der Waals surface area contributed by atoms with Crippen LogP contribution in [0.2, 0.25) is 0 Å². The molecule has 0 aromatic rings. The predicted octanol–water partition coefficient (Wildman–Crippen LogP) is -0.328. The molecule has 0 spiro atoms. The van der Waals surface area contributed by atoms with Gasteiger partial charge < -0.3 is 0 Å². The van der Waals surface area contributed by atoms with Gasteiger partial charge >= 0.3 is 0 Å². The normalized spacial score (nSPS) is 7.56. The van der Waals surface area contributed by atoms with E-state index in [1.165, 1.54) is 6.92 Å². The summed E-state index contributed by atoms with van der Waals surface area (Å²) in [7, 11) is 0. The van der Waals surface area contributed by atoms with Crippen molar-refractivity contribution in [2.24, 2.45) is 0 Å². The van der Waals surface area contributed by atoms with Gasteiger partial charge in [-0.15, -0.1) is 0 Å². The summed E-state index contributed by atoms with van der Waals surface area (Å²) in [5.41, 5.74) is 0.